The van der Waals surface area contributed by atoms with Gasteiger partial charge in [0.2, 0.25) is 6.34 Å². The van der Waals surface area contributed by atoms with Crippen molar-refractivity contribution in [3.63, 3.8) is 0 Å². The van der Waals surface area contributed by atoms with Crippen LogP contribution in [0.25, 0.3) is 0 Å². The van der Waals surface area contributed by atoms with Gasteiger partial charge in [0.1, 0.15) is 5.75 Å². The van der Waals surface area contributed by atoms with Crippen LogP contribution >= 0.6 is 45.3 Å². The molecule has 6 heteroatoms. The molecule has 0 heterocycles. The largest absolute Gasteiger partial charge is 0.497 e. The van der Waals surface area contributed by atoms with E-state index in [1.54, 1.807) is 19.2 Å². The molecule has 0 aliphatic heterocycles. The van der Waals surface area contributed by atoms with Crippen LogP contribution in [-0.4, -0.2) is 7.11 Å². The number of halogens is 2. The van der Waals surface area contributed by atoms with E-state index in [9.17, 15) is 4.57 Å². The Morgan fingerprint density at radius 1 is 1.00 bits per heavy atom. The highest BCUT2D eigenvalue weighted by molar-refractivity contribution is 9.10. The van der Waals surface area contributed by atoms with E-state index in [-0.39, 0.29) is 0 Å². The molecule has 0 N–H and O–H groups in total. The molecule has 0 radical (unpaired) electrons. The van der Waals surface area contributed by atoms with Gasteiger partial charge in [-0.2, -0.15) is 0 Å². The summed E-state index contributed by atoms with van der Waals surface area (Å²) < 4.78 is 20.2. The topological polar surface area (TPSA) is 26.3 Å². The quantitative estimate of drug-likeness (QED) is 0.404. The molecule has 3 aromatic carbocycles. The molecule has 0 bridgehead atoms. The molecule has 3 rings (SSSR count). The lowest BCUT2D eigenvalue weighted by Gasteiger charge is -2.20. The van der Waals surface area contributed by atoms with Gasteiger partial charge in [-0.25, -0.2) is 0 Å². The van der Waals surface area contributed by atoms with Gasteiger partial charge in [-0.15, -0.1) is 0 Å². The standard InChI is InChI=1S/C20H17BrClO2PS/c1-14-3-10-18(11-4-14)26-25(23,17-8-6-16(24-2)7-9-17)20-12-5-15(22)13-19(20)21/h3-13H,1-2H3. The van der Waals surface area contributed by atoms with E-state index >= 15 is 0 Å². The number of rotatable bonds is 5. The van der Waals surface area contributed by atoms with Crippen LogP contribution in [0, 0.1) is 6.92 Å². The van der Waals surface area contributed by atoms with Crippen molar-refractivity contribution in [2.45, 2.75) is 11.8 Å². The minimum absolute atomic E-state index is 0.599. The Morgan fingerprint density at radius 3 is 2.23 bits per heavy atom. The van der Waals surface area contributed by atoms with Crippen molar-refractivity contribution in [2.24, 2.45) is 0 Å². The predicted octanol–water partition coefficient (Wildman–Crippen LogP) is 6.44. The third-order valence-corrected chi connectivity index (χ3v) is 10.5. The SMILES string of the molecule is COc1ccc(P(=O)(Sc2ccc(C)cc2)c2ccc(Cl)cc2Br)cc1. The van der Waals surface area contributed by atoms with Crippen molar-refractivity contribution in [2.75, 3.05) is 7.11 Å². The van der Waals surface area contributed by atoms with Crippen LogP contribution in [0.1, 0.15) is 5.56 Å². The summed E-state index contributed by atoms with van der Waals surface area (Å²) in [6, 6.07) is 20.8. The molecule has 1 unspecified atom stereocenters. The molecular weight excluding hydrogens is 451 g/mol. The second-order valence-electron chi connectivity index (χ2n) is 5.75. The summed E-state index contributed by atoms with van der Waals surface area (Å²) in [6.07, 6.45) is -2.99. The molecule has 0 spiro atoms. The molecule has 0 aromatic heterocycles. The molecule has 26 heavy (non-hydrogen) atoms. The Bertz CT molecular complexity index is 959. The highest BCUT2D eigenvalue weighted by atomic mass is 79.9. The second kappa shape index (κ2) is 8.22. The Kier molecular flexibility index (Phi) is 6.19. The number of hydrogen-bond acceptors (Lipinski definition) is 3. The highest BCUT2D eigenvalue weighted by Gasteiger charge is 2.31. The third-order valence-electron chi connectivity index (χ3n) is 3.89. The lowest BCUT2D eigenvalue weighted by Crippen LogP contribution is -2.15. The second-order valence-corrected chi connectivity index (χ2v) is 11.9. The summed E-state index contributed by atoms with van der Waals surface area (Å²) in [6.45, 7) is 2.04. The maximum atomic E-state index is 14.3. The van der Waals surface area contributed by atoms with Gasteiger partial charge in [0.25, 0.3) is 0 Å². The van der Waals surface area contributed by atoms with Crippen LogP contribution in [0.15, 0.2) is 76.1 Å². The summed E-state index contributed by atoms with van der Waals surface area (Å²) in [5.74, 6) is 0.732. The zero-order valence-electron chi connectivity index (χ0n) is 14.3. The Labute approximate surface area is 171 Å². The number of benzene rings is 3. The Balaban J connectivity index is 2.13. The van der Waals surface area contributed by atoms with E-state index < -0.39 is 6.34 Å². The zero-order valence-corrected chi connectivity index (χ0v) is 18.3. The van der Waals surface area contributed by atoms with Crippen LogP contribution in [-0.2, 0) is 4.57 Å². The first-order chi connectivity index (χ1) is 12.4. The van der Waals surface area contributed by atoms with E-state index in [0.29, 0.717) is 5.02 Å². The monoisotopic (exact) mass is 466 g/mol. The van der Waals surface area contributed by atoms with Gasteiger partial charge in [-0.05, 0) is 77.5 Å². The van der Waals surface area contributed by atoms with Crippen LogP contribution in [0.4, 0.5) is 0 Å². The van der Waals surface area contributed by atoms with E-state index in [0.717, 1.165) is 25.7 Å². The molecule has 134 valence electrons. The minimum Gasteiger partial charge on any atom is -0.497 e. The number of ether oxygens (including phenoxy) is 1. The molecule has 0 amide bonds. The molecule has 2 nitrogen and oxygen atoms in total. The van der Waals surface area contributed by atoms with Crippen molar-refractivity contribution < 1.29 is 9.30 Å². The Hall–Kier alpha value is -1.19. The van der Waals surface area contributed by atoms with E-state index in [1.165, 1.54) is 16.9 Å². The van der Waals surface area contributed by atoms with Gasteiger partial charge in [0.05, 0.1) is 7.11 Å². The minimum atomic E-state index is -2.99. The average Bonchev–Trinajstić information content (AvgIpc) is 2.63. The normalized spacial score (nSPS) is 13.2. The molecule has 0 aliphatic carbocycles. The third kappa shape index (κ3) is 4.20. The maximum Gasteiger partial charge on any atom is 0.200 e. The fourth-order valence-electron chi connectivity index (χ4n) is 2.49. The van der Waals surface area contributed by atoms with Crippen molar-refractivity contribution in [3.05, 3.63) is 81.8 Å². The summed E-state index contributed by atoms with van der Waals surface area (Å²) in [5.41, 5.74) is 1.17. The first-order valence-corrected chi connectivity index (χ1v) is 12.2. The molecule has 0 aliphatic rings. The first-order valence-electron chi connectivity index (χ1n) is 7.89. The summed E-state index contributed by atoms with van der Waals surface area (Å²) in [7, 11) is 1.62. The number of hydrogen-bond donors (Lipinski definition) is 0. The molecule has 1 atom stereocenters. The van der Waals surface area contributed by atoms with E-state index in [4.69, 9.17) is 16.3 Å². The molecule has 0 saturated heterocycles. The van der Waals surface area contributed by atoms with Gasteiger partial charge in [-0.3, -0.25) is 0 Å². The van der Waals surface area contributed by atoms with Crippen LogP contribution in [0.5, 0.6) is 5.75 Å². The Morgan fingerprint density at radius 2 is 1.65 bits per heavy atom. The van der Waals surface area contributed by atoms with E-state index in [2.05, 4.69) is 15.9 Å². The molecular formula is C20H17BrClO2PS. The lowest BCUT2D eigenvalue weighted by molar-refractivity contribution is 0.415. The summed E-state index contributed by atoms with van der Waals surface area (Å²) in [4.78, 5) is 0.955. The molecule has 3 aromatic rings. The van der Waals surface area contributed by atoms with Gasteiger partial charge in [-0.1, -0.05) is 40.7 Å². The summed E-state index contributed by atoms with van der Waals surface area (Å²) in [5, 5.41) is 2.09. The van der Waals surface area contributed by atoms with Crippen molar-refractivity contribution >= 4 is 55.9 Å². The predicted molar refractivity (Wildman–Crippen MR) is 116 cm³/mol. The summed E-state index contributed by atoms with van der Waals surface area (Å²) >= 11 is 11.0. The van der Waals surface area contributed by atoms with Crippen LogP contribution in [0.3, 0.4) is 0 Å². The van der Waals surface area contributed by atoms with Crippen LogP contribution in [0.2, 0.25) is 5.02 Å². The zero-order chi connectivity index (χ0) is 18.7. The van der Waals surface area contributed by atoms with Crippen molar-refractivity contribution in [3.8, 4) is 5.75 Å². The smallest absolute Gasteiger partial charge is 0.200 e. The lowest BCUT2D eigenvalue weighted by atomic mass is 10.2. The maximum absolute atomic E-state index is 14.3. The van der Waals surface area contributed by atoms with Gasteiger partial charge in [0.15, 0.2) is 0 Å². The van der Waals surface area contributed by atoms with Gasteiger partial charge in [0, 0.05) is 25.0 Å². The fourth-order valence-corrected chi connectivity index (χ4v) is 9.18. The van der Waals surface area contributed by atoms with Gasteiger partial charge >= 0.3 is 0 Å². The number of methoxy groups -OCH3 is 1. The molecule has 0 saturated carbocycles. The van der Waals surface area contributed by atoms with Crippen molar-refractivity contribution in [1.29, 1.82) is 0 Å². The average molecular weight is 468 g/mol. The van der Waals surface area contributed by atoms with Crippen LogP contribution < -0.4 is 15.3 Å². The number of aryl methyl sites for hydroxylation is 1. The first kappa shape index (κ1) is 19.6. The fraction of sp³-hybridized carbons (Fsp3) is 0.100. The van der Waals surface area contributed by atoms with Crippen molar-refractivity contribution in [1.82, 2.24) is 0 Å². The molecule has 0 fully saturated rings. The van der Waals surface area contributed by atoms with E-state index in [1.807, 2.05) is 61.5 Å². The highest BCUT2D eigenvalue weighted by Crippen LogP contribution is 2.61. The van der Waals surface area contributed by atoms with Gasteiger partial charge < -0.3 is 9.30 Å².